The van der Waals surface area contributed by atoms with Crippen molar-refractivity contribution in [2.75, 3.05) is 6.61 Å². The van der Waals surface area contributed by atoms with Crippen molar-refractivity contribution < 1.29 is 31.3 Å². The van der Waals surface area contributed by atoms with Gasteiger partial charge in [0.05, 0.1) is 18.5 Å². The first-order valence-electron chi connectivity index (χ1n) is 9.95. The number of benzene rings is 1. The molecule has 2 rings (SSSR count). The number of terminal acetylenes is 1. The van der Waals surface area contributed by atoms with E-state index in [1.54, 1.807) is 46.8 Å². The summed E-state index contributed by atoms with van der Waals surface area (Å²) in [6.45, 7) is 9.57. The van der Waals surface area contributed by atoms with Crippen molar-refractivity contribution in [2.24, 2.45) is 0 Å². The maximum Gasteiger partial charge on any atom is 0.338 e. The molecule has 0 amide bonds. The lowest BCUT2D eigenvalue weighted by atomic mass is 9.95. The smallest absolute Gasteiger partial charge is 0.338 e. The van der Waals surface area contributed by atoms with E-state index >= 15 is 0 Å². The topological polar surface area (TPSA) is 71.1 Å². The Morgan fingerprint density at radius 3 is 2.39 bits per heavy atom. The van der Waals surface area contributed by atoms with Crippen molar-refractivity contribution in [3.63, 3.8) is 0 Å². The van der Waals surface area contributed by atoms with E-state index in [1.165, 1.54) is 12.1 Å². The van der Waals surface area contributed by atoms with Crippen LogP contribution in [0.4, 0.5) is 0 Å². The molecule has 0 bridgehead atoms. The lowest BCUT2D eigenvalue weighted by Crippen LogP contribution is -2.48. The first kappa shape index (κ1) is 19.0. The molecule has 1 fully saturated rings. The Morgan fingerprint density at radius 2 is 1.93 bits per heavy atom. The first-order valence-corrected chi connectivity index (χ1v) is 8.95. The minimum Gasteiger partial charge on any atom is -0.460 e. The van der Waals surface area contributed by atoms with E-state index in [0.717, 1.165) is 5.56 Å². The van der Waals surface area contributed by atoms with Gasteiger partial charge < -0.3 is 18.9 Å². The van der Waals surface area contributed by atoms with E-state index in [4.69, 9.17) is 28.1 Å². The molecule has 1 aromatic rings. The van der Waals surface area contributed by atoms with Crippen LogP contribution in [-0.2, 0) is 23.7 Å². The third-order valence-electron chi connectivity index (χ3n) is 3.89. The Morgan fingerprint density at radius 1 is 1.32 bits per heavy atom. The summed E-state index contributed by atoms with van der Waals surface area (Å²) in [5.41, 5.74) is -1.69. The number of ether oxygens (including phenoxy) is 4. The van der Waals surface area contributed by atoms with Gasteiger partial charge in [0.1, 0.15) is 5.60 Å². The lowest BCUT2D eigenvalue weighted by molar-refractivity contribution is -0.177. The van der Waals surface area contributed by atoms with Crippen molar-refractivity contribution in [1.29, 1.82) is 0 Å². The Hall–Kier alpha value is -2.36. The fraction of sp³-hybridized carbons (Fsp3) is 0.545. The second-order valence-electron chi connectivity index (χ2n) is 8.12. The fourth-order valence-corrected chi connectivity index (χ4v) is 2.58. The number of esters is 2. The Bertz CT molecular complexity index is 848. The molecule has 28 heavy (non-hydrogen) atoms. The first-order chi connectivity index (χ1) is 13.6. The van der Waals surface area contributed by atoms with E-state index in [9.17, 15) is 9.59 Å². The van der Waals surface area contributed by atoms with Crippen LogP contribution in [0.5, 0.6) is 0 Å². The van der Waals surface area contributed by atoms with E-state index in [-0.39, 0.29) is 12.2 Å². The van der Waals surface area contributed by atoms with Crippen LogP contribution in [0, 0.1) is 19.3 Å². The molecule has 0 spiro atoms. The number of carbonyl (C=O) groups is 2. The molecular formula is C22H28O6. The van der Waals surface area contributed by atoms with Crippen LogP contribution < -0.4 is 0 Å². The molecule has 1 unspecified atom stereocenters. The Kier molecular flexibility index (Phi) is 5.38. The molecule has 6 nitrogen and oxygen atoms in total. The van der Waals surface area contributed by atoms with Gasteiger partial charge in [-0.05, 0) is 53.7 Å². The van der Waals surface area contributed by atoms with E-state index in [2.05, 4.69) is 5.92 Å². The summed E-state index contributed by atoms with van der Waals surface area (Å²) in [6.07, 6.45) is 1.05. The van der Waals surface area contributed by atoms with Gasteiger partial charge in [-0.2, -0.15) is 0 Å². The van der Waals surface area contributed by atoms with Crippen molar-refractivity contribution in [1.82, 2.24) is 0 Å². The van der Waals surface area contributed by atoms with Crippen molar-refractivity contribution in [3.05, 3.63) is 35.4 Å². The maximum atomic E-state index is 12.8. The van der Waals surface area contributed by atoms with E-state index < -0.39 is 41.4 Å². The average molecular weight is 390 g/mol. The van der Waals surface area contributed by atoms with Gasteiger partial charge in [-0.3, -0.25) is 4.79 Å². The monoisotopic (exact) mass is 390 g/mol. The van der Waals surface area contributed by atoms with Crippen molar-refractivity contribution in [2.45, 2.75) is 71.0 Å². The molecule has 2 atom stereocenters. The number of rotatable bonds is 5. The third-order valence-corrected chi connectivity index (χ3v) is 3.89. The molecule has 0 saturated carbocycles. The summed E-state index contributed by atoms with van der Waals surface area (Å²) in [4.78, 5) is 25.5. The minimum absolute atomic E-state index is 0.177. The van der Waals surface area contributed by atoms with E-state index in [0.29, 0.717) is 0 Å². The van der Waals surface area contributed by atoms with Crippen LogP contribution in [0.3, 0.4) is 0 Å². The third kappa shape index (κ3) is 5.57. The highest BCUT2D eigenvalue weighted by Gasteiger charge is 2.52. The van der Waals surface area contributed by atoms with Gasteiger partial charge in [0.25, 0.3) is 0 Å². The number of aryl methyl sites for hydroxylation is 1. The Labute approximate surface area is 169 Å². The average Bonchev–Trinajstić information content (AvgIpc) is 2.94. The van der Waals surface area contributed by atoms with E-state index in [1.807, 2.05) is 6.92 Å². The van der Waals surface area contributed by atoms with Crippen LogP contribution in [-0.4, -0.2) is 41.6 Å². The van der Waals surface area contributed by atoms with Crippen LogP contribution in [0.15, 0.2) is 24.3 Å². The quantitative estimate of drug-likeness (QED) is 0.567. The van der Waals surface area contributed by atoms with Gasteiger partial charge in [-0.25, -0.2) is 4.79 Å². The lowest BCUT2D eigenvalue weighted by Gasteiger charge is -2.32. The van der Waals surface area contributed by atoms with Gasteiger partial charge in [0.2, 0.25) is 0 Å². The second-order valence-corrected chi connectivity index (χ2v) is 8.12. The zero-order chi connectivity index (χ0) is 23.0. The fourth-order valence-electron chi connectivity index (χ4n) is 2.58. The molecule has 1 saturated heterocycles. The molecule has 152 valence electrons. The molecule has 1 heterocycles. The zero-order valence-corrected chi connectivity index (χ0v) is 17.1. The minimum atomic E-state index is -2.82. The molecule has 0 N–H and O–H groups in total. The summed E-state index contributed by atoms with van der Waals surface area (Å²) < 4.78 is 39.0. The normalized spacial score (nSPS) is 23.8. The highest BCUT2D eigenvalue weighted by molar-refractivity contribution is 5.89. The Balaban J connectivity index is 2.47. The SMILES string of the molecule is [2H]C([2H])(C(=O)OC(C)(C)C)C(OC(=O)c1ccc(C)cc1)[C@@]1(C#C)COC(C)(C)O1. The van der Waals surface area contributed by atoms with Gasteiger partial charge in [-0.15, -0.1) is 6.42 Å². The number of carbonyl (C=O) groups excluding carboxylic acids is 2. The summed E-state index contributed by atoms with van der Waals surface area (Å²) in [7, 11) is 0. The summed E-state index contributed by atoms with van der Waals surface area (Å²) in [5.74, 6) is -0.885. The summed E-state index contributed by atoms with van der Waals surface area (Å²) in [5, 5.41) is 0. The van der Waals surface area contributed by atoms with Crippen LogP contribution >= 0.6 is 0 Å². The van der Waals surface area contributed by atoms with Crippen LogP contribution in [0.2, 0.25) is 0 Å². The van der Waals surface area contributed by atoms with Crippen molar-refractivity contribution >= 4 is 11.9 Å². The molecule has 0 aromatic heterocycles. The highest BCUT2D eigenvalue weighted by Crippen LogP contribution is 2.36. The molecular weight excluding hydrogens is 360 g/mol. The molecule has 0 aliphatic carbocycles. The zero-order valence-electron chi connectivity index (χ0n) is 19.1. The molecule has 1 aliphatic heterocycles. The molecule has 1 aliphatic rings. The maximum absolute atomic E-state index is 12.8. The highest BCUT2D eigenvalue weighted by atomic mass is 16.8. The number of hydrogen-bond donors (Lipinski definition) is 0. The standard InChI is InChI=1S/C22H28O6/c1-8-22(14-25-21(6,7)28-22)17(13-18(23)27-20(3,4)5)26-19(24)16-11-9-15(2)10-12-16/h1,9-12,17H,13-14H2,2-7H3/t17?,22-/m1/s1/i13D2. The molecule has 1 aromatic carbocycles. The van der Waals surface area contributed by atoms with Gasteiger partial charge in [0, 0.05) is 2.74 Å². The molecule has 6 heteroatoms. The second kappa shape index (κ2) is 7.94. The van der Waals surface area contributed by atoms with Crippen LogP contribution in [0.25, 0.3) is 0 Å². The van der Waals surface area contributed by atoms with Gasteiger partial charge >= 0.3 is 11.9 Å². The molecule has 0 radical (unpaired) electrons. The van der Waals surface area contributed by atoms with Gasteiger partial charge in [0.15, 0.2) is 17.5 Å². The largest absolute Gasteiger partial charge is 0.460 e. The number of hydrogen-bond acceptors (Lipinski definition) is 6. The van der Waals surface area contributed by atoms with Crippen LogP contribution in [0.1, 0.15) is 59.7 Å². The van der Waals surface area contributed by atoms with Gasteiger partial charge in [-0.1, -0.05) is 23.6 Å². The summed E-state index contributed by atoms with van der Waals surface area (Å²) >= 11 is 0. The predicted octanol–water partition coefficient (Wildman–Crippen LogP) is 3.41. The summed E-state index contributed by atoms with van der Waals surface area (Å²) in [6, 6.07) is 6.50. The predicted molar refractivity (Wildman–Crippen MR) is 104 cm³/mol. The van der Waals surface area contributed by atoms with Crippen molar-refractivity contribution in [3.8, 4) is 12.3 Å².